The third kappa shape index (κ3) is 50.5. The van der Waals surface area contributed by atoms with Gasteiger partial charge in [0.25, 0.3) is 0 Å². The molecule has 1 aromatic rings. The van der Waals surface area contributed by atoms with Crippen LogP contribution in [0.1, 0.15) is 150 Å². The minimum Gasteiger partial charge on any atom is -0.474 e. The Morgan fingerprint density at radius 3 is 1.51 bits per heavy atom. The van der Waals surface area contributed by atoms with Crippen LogP contribution in [-0.4, -0.2) is 72.9 Å². The van der Waals surface area contributed by atoms with Crippen molar-refractivity contribution in [1.82, 2.24) is 36.8 Å². The van der Waals surface area contributed by atoms with E-state index in [1.54, 1.807) is 13.3 Å². The first-order valence-corrected chi connectivity index (χ1v) is 20.6. The van der Waals surface area contributed by atoms with E-state index in [0.717, 1.165) is 54.0 Å². The fourth-order valence-electron chi connectivity index (χ4n) is 4.24. The summed E-state index contributed by atoms with van der Waals surface area (Å²) in [7, 11) is 1.66. The molecule has 0 aromatic carbocycles. The average Bonchev–Trinajstić information content (AvgIpc) is 2.99. The SMILES string of the molecule is C.C=C(CC)NC(C)C.C=C(COC)NC(C)C.C=C(NC(C)C)C1COC1.C=C(NC(C)C)OC(C)(C)C.C=C(NC(C)C)c1cccnn1.CCCC(C)C. The molecule has 1 aliphatic heterocycles. The number of aromatic nitrogens is 2. The molecule has 0 saturated carbocycles. The summed E-state index contributed by atoms with van der Waals surface area (Å²) < 4.78 is 15.3. The van der Waals surface area contributed by atoms with E-state index in [4.69, 9.17) is 14.2 Å². The van der Waals surface area contributed by atoms with Gasteiger partial charge in [0.2, 0.25) is 0 Å². The van der Waals surface area contributed by atoms with Gasteiger partial charge in [-0.2, -0.15) is 5.10 Å². The molecule has 1 aromatic heterocycles. The lowest BCUT2D eigenvalue weighted by atomic mass is 10.0. The monoisotopic (exact) mass is 806 g/mol. The maximum absolute atomic E-state index is 5.44. The van der Waals surface area contributed by atoms with Crippen molar-refractivity contribution in [1.29, 1.82) is 0 Å². The summed E-state index contributed by atoms with van der Waals surface area (Å²) in [5, 5.41) is 23.5. The Bertz CT molecular complexity index is 1140. The largest absolute Gasteiger partial charge is 0.474 e. The zero-order valence-electron chi connectivity index (χ0n) is 39.7. The number of methoxy groups -OCH3 is 1. The van der Waals surface area contributed by atoms with Gasteiger partial charge in [0.1, 0.15) is 11.3 Å². The molecule has 2 rings (SSSR count). The molecule has 0 bridgehead atoms. The van der Waals surface area contributed by atoms with Crippen molar-refractivity contribution in [3.8, 4) is 0 Å². The second-order valence-corrected chi connectivity index (χ2v) is 16.7. The summed E-state index contributed by atoms with van der Waals surface area (Å²) in [4.78, 5) is 0. The van der Waals surface area contributed by atoms with E-state index in [1.165, 1.54) is 12.8 Å². The van der Waals surface area contributed by atoms with Gasteiger partial charge in [-0.25, -0.2) is 0 Å². The summed E-state index contributed by atoms with van der Waals surface area (Å²) in [6.45, 7) is 57.0. The molecule has 57 heavy (non-hydrogen) atoms. The standard InChI is InChI=1S/C9H13N3.C9H19NO.C8H15NO.C7H15NO.C7H15N.C6H14.CH4/c1-7(2)11-8(3)9-5-4-6-10-12-9;1-7(2)10-8(3)11-9(4,5)6;1-6(2)9-7(3)8-4-10-5-8;1-6(2)8-7(3)5-9-4;1-5-7(4)8-6(2)3;1-4-5-6(2)3;/h4-7,11H,3H2,1-2H3;7,10H,3H2,1-2,4-6H3;6,8-9H,3-5H2,1-2H3;6,8H,3,5H2,1-2,4H3;6,8H,4-5H2,1-3H3;6H,4-5H2,1-3H3;1H4. The van der Waals surface area contributed by atoms with E-state index in [2.05, 4.69) is 167 Å². The van der Waals surface area contributed by atoms with Crippen molar-refractivity contribution in [2.45, 2.75) is 180 Å². The summed E-state index contributed by atoms with van der Waals surface area (Å²) in [6, 6.07) is 5.95. The first-order valence-electron chi connectivity index (χ1n) is 20.6. The third-order valence-corrected chi connectivity index (χ3v) is 6.43. The zero-order valence-corrected chi connectivity index (χ0v) is 39.7. The molecule has 1 saturated heterocycles. The fraction of sp³-hybridized carbons (Fsp3) is 0.702. The number of hydrogen-bond donors (Lipinski definition) is 5. The normalized spacial score (nSPS) is 11.5. The average molecular weight is 806 g/mol. The fourth-order valence-corrected chi connectivity index (χ4v) is 4.24. The van der Waals surface area contributed by atoms with Crippen LogP contribution in [0.4, 0.5) is 0 Å². The number of allylic oxidation sites excluding steroid dienone is 1. The van der Waals surface area contributed by atoms with Crippen molar-refractivity contribution in [3.05, 3.63) is 79.9 Å². The van der Waals surface area contributed by atoms with Crippen LogP contribution in [0.15, 0.2) is 74.2 Å². The van der Waals surface area contributed by atoms with Crippen molar-refractivity contribution in [3.63, 3.8) is 0 Å². The van der Waals surface area contributed by atoms with Crippen molar-refractivity contribution >= 4 is 5.70 Å². The van der Waals surface area contributed by atoms with E-state index in [1.807, 2.05) is 32.9 Å². The maximum Gasteiger partial charge on any atom is 0.180 e. The van der Waals surface area contributed by atoms with Crippen LogP contribution < -0.4 is 26.6 Å². The van der Waals surface area contributed by atoms with E-state index < -0.39 is 0 Å². The first-order chi connectivity index (χ1) is 25.8. The molecule has 336 valence electrons. The smallest absolute Gasteiger partial charge is 0.180 e. The lowest BCUT2D eigenvalue weighted by molar-refractivity contribution is -0.0164. The van der Waals surface area contributed by atoms with Crippen molar-refractivity contribution < 1.29 is 14.2 Å². The topological polar surface area (TPSA) is 114 Å². The molecule has 1 aliphatic rings. The van der Waals surface area contributed by atoms with Crippen molar-refractivity contribution in [2.75, 3.05) is 26.9 Å². The predicted octanol–water partition coefficient (Wildman–Crippen LogP) is 11.0. The molecule has 0 aliphatic carbocycles. The molecule has 0 unspecified atom stereocenters. The van der Waals surface area contributed by atoms with Crippen LogP contribution in [0.5, 0.6) is 0 Å². The minimum absolute atomic E-state index is 0. The Kier molecular flexibility index (Phi) is 41.8. The summed E-state index contributed by atoms with van der Waals surface area (Å²) >= 11 is 0. The zero-order chi connectivity index (χ0) is 44.4. The molecule has 0 radical (unpaired) electrons. The van der Waals surface area contributed by atoms with Gasteiger partial charge in [-0.1, -0.05) is 74.3 Å². The van der Waals surface area contributed by atoms with Gasteiger partial charge in [0, 0.05) is 66.5 Å². The third-order valence-electron chi connectivity index (χ3n) is 6.43. The highest BCUT2D eigenvalue weighted by atomic mass is 16.5. The molecule has 10 nitrogen and oxygen atoms in total. The van der Waals surface area contributed by atoms with Crippen LogP contribution in [0.25, 0.3) is 5.70 Å². The highest BCUT2D eigenvalue weighted by Crippen LogP contribution is 2.16. The van der Waals surface area contributed by atoms with Crippen LogP contribution >= 0.6 is 0 Å². The Labute approximate surface area is 354 Å². The molecule has 0 atom stereocenters. The number of ether oxygens (including phenoxy) is 3. The van der Waals surface area contributed by atoms with Crippen LogP contribution in [-0.2, 0) is 14.2 Å². The molecule has 2 heterocycles. The van der Waals surface area contributed by atoms with Gasteiger partial charge in [0.05, 0.1) is 25.5 Å². The van der Waals surface area contributed by atoms with Crippen LogP contribution in [0.2, 0.25) is 0 Å². The Morgan fingerprint density at radius 2 is 1.23 bits per heavy atom. The van der Waals surface area contributed by atoms with Gasteiger partial charge >= 0.3 is 0 Å². The van der Waals surface area contributed by atoms with E-state index >= 15 is 0 Å². The van der Waals surface area contributed by atoms with E-state index in [0.29, 0.717) is 48.6 Å². The molecular formula is C47H95N7O3. The maximum atomic E-state index is 5.44. The molecule has 1 fully saturated rings. The van der Waals surface area contributed by atoms with Crippen LogP contribution in [0.3, 0.4) is 0 Å². The number of nitrogens with one attached hydrogen (secondary N) is 5. The number of hydrogen-bond acceptors (Lipinski definition) is 10. The van der Waals surface area contributed by atoms with Crippen LogP contribution in [0, 0.1) is 11.8 Å². The Balaban J connectivity index is -0.000000191. The van der Waals surface area contributed by atoms with Gasteiger partial charge in [-0.05, 0) is 121 Å². The van der Waals surface area contributed by atoms with Gasteiger partial charge < -0.3 is 40.8 Å². The van der Waals surface area contributed by atoms with Crippen molar-refractivity contribution in [2.24, 2.45) is 11.8 Å². The highest BCUT2D eigenvalue weighted by Gasteiger charge is 2.21. The molecular weight excluding hydrogens is 711 g/mol. The van der Waals surface area contributed by atoms with E-state index in [-0.39, 0.29) is 13.0 Å². The number of rotatable bonds is 18. The predicted molar refractivity (Wildman–Crippen MR) is 253 cm³/mol. The molecule has 0 amide bonds. The highest BCUT2D eigenvalue weighted by molar-refractivity contribution is 5.57. The minimum atomic E-state index is -0.154. The number of nitrogens with zero attached hydrogens (tertiary/aromatic N) is 2. The Hall–Kier alpha value is -3.50. The summed E-state index contributed by atoms with van der Waals surface area (Å²) in [6.07, 6.45) is 5.38. The lowest BCUT2D eigenvalue weighted by Gasteiger charge is -2.29. The van der Waals surface area contributed by atoms with Gasteiger partial charge in [-0.3, -0.25) is 0 Å². The molecule has 5 N–H and O–H groups in total. The molecule has 0 spiro atoms. The molecule has 10 heteroatoms. The van der Waals surface area contributed by atoms with E-state index in [9.17, 15) is 0 Å². The lowest BCUT2D eigenvalue weighted by Crippen LogP contribution is -2.36. The summed E-state index contributed by atoms with van der Waals surface area (Å²) in [5.74, 6) is 2.10. The Morgan fingerprint density at radius 1 is 0.754 bits per heavy atom. The summed E-state index contributed by atoms with van der Waals surface area (Å²) in [5.41, 5.74) is 4.65. The quantitative estimate of drug-likeness (QED) is 0.0919. The van der Waals surface area contributed by atoms with Gasteiger partial charge in [-0.15, -0.1) is 5.10 Å². The van der Waals surface area contributed by atoms with Gasteiger partial charge in [0.15, 0.2) is 5.88 Å². The second-order valence-electron chi connectivity index (χ2n) is 16.7. The first kappa shape index (κ1) is 62.7. The second kappa shape index (κ2) is 38.0.